The fourth-order valence-corrected chi connectivity index (χ4v) is 3.62. The maximum Gasteiger partial charge on any atom is 0.253 e. The van der Waals surface area contributed by atoms with Crippen molar-refractivity contribution in [1.82, 2.24) is 15.2 Å². The van der Waals surface area contributed by atoms with Crippen LogP contribution in [0, 0.1) is 5.92 Å². The highest BCUT2D eigenvalue weighted by Gasteiger charge is 2.30. The van der Waals surface area contributed by atoms with Crippen LogP contribution < -0.4 is 5.32 Å². The second-order valence-electron chi connectivity index (χ2n) is 6.67. The lowest BCUT2D eigenvalue weighted by atomic mass is 9.93. The Morgan fingerprint density at radius 3 is 2.52 bits per heavy atom. The number of carbonyl (C=O) groups is 2. The second kappa shape index (κ2) is 7.57. The number of nitrogens with zero attached hydrogens (tertiary/aromatic N) is 2. The molecule has 2 fully saturated rings. The highest BCUT2D eigenvalue weighted by Crippen LogP contribution is 2.21. The molecule has 5 heteroatoms. The van der Waals surface area contributed by atoms with Crippen LogP contribution >= 0.6 is 0 Å². The summed E-state index contributed by atoms with van der Waals surface area (Å²) in [5.74, 6) is 0.0585. The van der Waals surface area contributed by atoms with Crippen LogP contribution in [0.5, 0.6) is 0 Å². The standard InChI is InChI=1S/C18H25N3O2/c22-17(20-16-6-2-1-3-7-16)15-5-4-12-21(13-15)18(23)14-8-10-19-11-9-14/h8-11,15-16H,1-7,12-13H2,(H,20,22)/t15-/m1/s1. The normalized spacial score (nSPS) is 22.6. The molecule has 2 aliphatic rings. The zero-order valence-electron chi connectivity index (χ0n) is 13.5. The first-order chi connectivity index (χ1) is 11.2. The number of amides is 2. The lowest BCUT2D eigenvalue weighted by molar-refractivity contribution is -0.127. The van der Waals surface area contributed by atoms with E-state index in [1.165, 1.54) is 19.3 Å². The van der Waals surface area contributed by atoms with Gasteiger partial charge in [0.15, 0.2) is 0 Å². The lowest BCUT2D eigenvalue weighted by Gasteiger charge is -2.33. The van der Waals surface area contributed by atoms with E-state index >= 15 is 0 Å². The predicted molar refractivity (Wildman–Crippen MR) is 87.9 cm³/mol. The molecule has 0 aromatic carbocycles. The Hall–Kier alpha value is -1.91. The molecule has 2 heterocycles. The van der Waals surface area contributed by atoms with Crippen molar-refractivity contribution in [1.29, 1.82) is 0 Å². The highest BCUT2D eigenvalue weighted by atomic mass is 16.2. The molecule has 1 atom stereocenters. The molecule has 1 saturated carbocycles. The number of rotatable bonds is 3. The Morgan fingerprint density at radius 1 is 1.04 bits per heavy atom. The number of hydrogen-bond donors (Lipinski definition) is 1. The molecule has 0 radical (unpaired) electrons. The monoisotopic (exact) mass is 315 g/mol. The van der Waals surface area contributed by atoms with Crippen LogP contribution in [0.15, 0.2) is 24.5 Å². The highest BCUT2D eigenvalue weighted by molar-refractivity contribution is 5.94. The summed E-state index contributed by atoms with van der Waals surface area (Å²) in [4.78, 5) is 30.8. The second-order valence-corrected chi connectivity index (χ2v) is 6.67. The average molecular weight is 315 g/mol. The molecule has 0 unspecified atom stereocenters. The predicted octanol–water partition coefficient (Wildman–Crippen LogP) is 2.38. The summed E-state index contributed by atoms with van der Waals surface area (Å²) >= 11 is 0. The zero-order chi connectivity index (χ0) is 16.1. The van der Waals surface area contributed by atoms with Crippen molar-refractivity contribution < 1.29 is 9.59 Å². The summed E-state index contributed by atoms with van der Waals surface area (Å²) < 4.78 is 0. The summed E-state index contributed by atoms with van der Waals surface area (Å²) in [6, 6.07) is 3.80. The van der Waals surface area contributed by atoms with E-state index in [4.69, 9.17) is 0 Å². The van der Waals surface area contributed by atoms with Crippen LogP contribution in [0.2, 0.25) is 0 Å². The number of aromatic nitrogens is 1. The molecular weight excluding hydrogens is 290 g/mol. The van der Waals surface area contributed by atoms with Crippen molar-refractivity contribution in [2.24, 2.45) is 5.92 Å². The number of likely N-dealkylation sites (tertiary alicyclic amines) is 1. The molecule has 3 rings (SSSR count). The molecule has 124 valence electrons. The van der Waals surface area contributed by atoms with Gasteiger partial charge in [-0.15, -0.1) is 0 Å². The fourth-order valence-electron chi connectivity index (χ4n) is 3.62. The summed E-state index contributed by atoms with van der Waals surface area (Å²) in [6.07, 6.45) is 10.9. The van der Waals surface area contributed by atoms with E-state index in [0.717, 1.165) is 32.2 Å². The van der Waals surface area contributed by atoms with Crippen LogP contribution in [-0.2, 0) is 4.79 Å². The molecule has 0 spiro atoms. The van der Waals surface area contributed by atoms with Gasteiger partial charge in [-0.1, -0.05) is 19.3 Å². The van der Waals surface area contributed by atoms with Crippen molar-refractivity contribution in [2.75, 3.05) is 13.1 Å². The largest absolute Gasteiger partial charge is 0.353 e. The molecule has 2 amide bonds. The van der Waals surface area contributed by atoms with Crippen LogP contribution in [0.25, 0.3) is 0 Å². The Labute approximate surface area is 137 Å². The minimum atomic E-state index is -0.0727. The minimum Gasteiger partial charge on any atom is -0.353 e. The summed E-state index contributed by atoms with van der Waals surface area (Å²) in [5, 5.41) is 3.20. The van der Waals surface area contributed by atoms with Crippen LogP contribution in [-0.4, -0.2) is 40.8 Å². The van der Waals surface area contributed by atoms with E-state index in [0.29, 0.717) is 18.2 Å². The zero-order valence-corrected chi connectivity index (χ0v) is 13.5. The molecule has 1 aromatic rings. The van der Waals surface area contributed by atoms with Crippen molar-refractivity contribution in [3.05, 3.63) is 30.1 Å². The quantitative estimate of drug-likeness (QED) is 0.931. The molecule has 23 heavy (non-hydrogen) atoms. The van der Waals surface area contributed by atoms with E-state index in [1.807, 2.05) is 4.90 Å². The Kier molecular flexibility index (Phi) is 5.26. The molecule has 1 aliphatic carbocycles. The van der Waals surface area contributed by atoms with Gasteiger partial charge < -0.3 is 10.2 Å². The molecule has 5 nitrogen and oxygen atoms in total. The van der Waals surface area contributed by atoms with E-state index in [9.17, 15) is 9.59 Å². The van der Waals surface area contributed by atoms with Gasteiger partial charge in [0.1, 0.15) is 0 Å². The molecule has 1 N–H and O–H groups in total. The Balaban J connectivity index is 1.57. The number of pyridine rings is 1. The van der Waals surface area contributed by atoms with Gasteiger partial charge in [0.05, 0.1) is 5.92 Å². The van der Waals surface area contributed by atoms with Crippen molar-refractivity contribution in [3.8, 4) is 0 Å². The third-order valence-electron chi connectivity index (χ3n) is 4.96. The van der Waals surface area contributed by atoms with Gasteiger partial charge in [-0.3, -0.25) is 14.6 Å². The first-order valence-electron chi connectivity index (χ1n) is 8.74. The molecule has 1 aromatic heterocycles. The number of hydrogen-bond acceptors (Lipinski definition) is 3. The van der Waals surface area contributed by atoms with Gasteiger partial charge in [0, 0.05) is 37.1 Å². The van der Waals surface area contributed by atoms with E-state index in [1.54, 1.807) is 24.5 Å². The van der Waals surface area contributed by atoms with Crippen molar-refractivity contribution >= 4 is 11.8 Å². The summed E-state index contributed by atoms with van der Waals surface area (Å²) in [5.41, 5.74) is 0.647. The SMILES string of the molecule is O=C(NC1CCCCC1)[C@@H]1CCCN(C(=O)c2ccncc2)C1. The average Bonchev–Trinajstić information content (AvgIpc) is 2.63. The van der Waals surface area contributed by atoms with Gasteiger partial charge in [-0.05, 0) is 37.8 Å². The third kappa shape index (κ3) is 4.09. The summed E-state index contributed by atoms with van der Waals surface area (Å²) in [7, 11) is 0. The Bertz CT molecular complexity index is 540. The van der Waals surface area contributed by atoms with Gasteiger partial charge in [-0.25, -0.2) is 0 Å². The smallest absolute Gasteiger partial charge is 0.253 e. The molecule has 1 aliphatic heterocycles. The van der Waals surface area contributed by atoms with Gasteiger partial charge in [-0.2, -0.15) is 0 Å². The molecule has 1 saturated heterocycles. The first-order valence-corrected chi connectivity index (χ1v) is 8.74. The molecule has 0 bridgehead atoms. The lowest BCUT2D eigenvalue weighted by Crippen LogP contribution is -2.47. The first kappa shape index (κ1) is 16.0. The van der Waals surface area contributed by atoms with Crippen LogP contribution in [0.1, 0.15) is 55.3 Å². The van der Waals surface area contributed by atoms with Crippen molar-refractivity contribution in [3.63, 3.8) is 0 Å². The van der Waals surface area contributed by atoms with E-state index in [2.05, 4.69) is 10.3 Å². The third-order valence-corrected chi connectivity index (χ3v) is 4.96. The van der Waals surface area contributed by atoms with Crippen LogP contribution in [0.3, 0.4) is 0 Å². The van der Waals surface area contributed by atoms with Crippen molar-refractivity contribution in [2.45, 2.75) is 51.0 Å². The molecular formula is C18H25N3O2. The van der Waals surface area contributed by atoms with Crippen LogP contribution in [0.4, 0.5) is 0 Å². The topological polar surface area (TPSA) is 62.3 Å². The van der Waals surface area contributed by atoms with E-state index in [-0.39, 0.29) is 17.7 Å². The van der Waals surface area contributed by atoms with Gasteiger partial charge in [0.25, 0.3) is 5.91 Å². The van der Waals surface area contributed by atoms with Gasteiger partial charge >= 0.3 is 0 Å². The Morgan fingerprint density at radius 2 is 1.78 bits per heavy atom. The van der Waals surface area contributed by atoms with E-state index < -0.39 is 0 Å². The maximum absolute atomic E-state index is 12.5. The number of nitrogens with one attached hydrogen (secondary N) is 1. The fraction of sp³-hybridized carbons (Fsp3) is 0.611. The summed E-state index contributed by atoms with van der Waals surface area (Å²) in [6.45, 7) is 1.26. The maximum atomic E-state index is 12.5. The van der Waals surface area contributed by atoms with Gasteiger partial charge in [0.2, 0.25) is 5.91 Å². The number of piperidine rings is 1. The minimum absolute atomic E-state index is 0.00238. The number of carbonyl (C=O) groups excluding carboxylic acids is 2.